The van der Waals surface area contributed by atoms with Crippen LogP contribution in [-0.4, -0.2) is 39.3 Å². The van der Waals surface area contributed by atoms with Gasteiger partial charge in [-0.05, 0) is 19.3 Å². The number of nitrogens with one attached hydrogen (secondary N) is 2. The summed E-state index contributed by atoms with van der Waals surface area (Å²) in [5.41, 5.74) is 0. The van der Waals surface area contributed by atoms with Gasteiger partial charge in [-0.25, -0.2) is 9.67 Å². The van der Waals surface area contributed by atoms with E-state index < -0.39 is 0 Å². The van der Waals surface area contributed by atoms with E-state index in [9.17, 15) is 4.79 Å². The van der Waals surface area contributed by atoms with Crippen LogP contribution in [0.3, 0.4) is 0 Å². The van der Waals surface area contributed by atoms with Crippen LogP contribution in [0.2, 0.25) is 0 Å². The monoisotopic (exact) mass is 277 g/mol. The normalized spacial score (nSPS) is 22.7. The molecule has 6 heteroatoms. The first-order chi connectivity index (χ1) is 9.81. The highest BCUT2D eigenvalue weighted by Crippen LogP contribution is 2.17. The van der Waals surface area contributed by atoms with Crippen molar-refractivity contribution >= 4 is 5.91 Å². The van der Waals surface area contributed by atoms with Gasteiger partial charge in [-0.15, -0.1) is 0 Å². The molecule has 20 heavy (non-hydrogen) atoms. The molecular weight excluding hydrogens is 254 g/mol. The highest BCUT2D eigenvalue weighted by Gasteiger charge is 2.20. The lowest BCUT2D eigenvalue weighted by Crippen LogP contribution is -2.40. The van der Waals surface area contributed by atoms with Crippen molar-refractivity contribution in [2.24, 2.45) is 0 Å². The zero-order valence-electron chi connectivity index (χ0n) is 11.8. The zero-order chi connectivity index (χ0) is 13.8. The summed E-state index contributed by atoms with van der Waals surface area (Å²) < 4.78 is 1.96. The fourth-order valence-corrected chi connectivity index (χ4v) is 3.16. The Morgan fingerprint density at radius 3 is 3.00 bits per heavy atom. The second-order valence-corrected chi connectivity index (χ2v) is 5.85. The minimum atomic E-state index is 0.182. The largest absolute Gasteiger partial charge is 0.353 e. The number of fused-ring (bicyclic) bond motifs is 1. The molecule has 2 aliphatic rings. The van der Waals surface area contributed by atoms with Gasteiger partial charge in [0.25, 0.3) is 0 Å². The van der Waals surface area contributed by atoms with E-state index in [0.717, 1.165) is 44.6 Å². The number of aromatic nitrogens is 3. The van der Waals surface area contributed by atoms with Crippen molar-refractivity contribution in [1.82, 2.24) is 25.4 Å². The maximum absolute atomic E-state index is 11.8. The van der Waals surface area contributed by atoms with E-state index in [4.69, 9.17) is 0 Å². The van der Waals surface area contributed by atoms with Gasteiger partial charge in [-0.1, -0.05) is 12.8 Å². The summed E-state index contributed by atoms with van der Waals surface area (Å²) in [7, 11) is 0. The quantitative estimate of drug-likeness (QED) is 0.828. The second-order valence-electron chi connectivity index (χ2n) is 5.85. The Morgan fingerprint density at radius 1 is 1.30 bits per heavy atom. The second kappa shape index (κ2) is 6.35. The number of rotatable bonds is 5. The third kappa shape index (κ3) is 3.36. The Labute approximate surface area is 119 Å². The molecule has 3 rings (SSSR count). The number of aryl methyl sites for hydroxylation is 1. The summed E-state index contributed by atoms with van der Waals surface area (Å²) in [5.74, 6) is 1.25. The number of amides is 1. The molecule has 1 fully saturated rings. The first-order valence-corrected chi connectivity index (χ1v) is 7.70. The van der Waals surface area contributed by atoms with E-state index in [1.54, 1.807) is 6.33 Å². The molecule has 0 spiro atoms. The molecule has 0 saturated heterocycles. The van der Waals surface area contributed by atoms with E-state index in [1.807, 2.05) is 4.68 Å². The van der Waals surface area contributed by atoms with Crippen molar-refractivity contribution in [1.29, 1.82) is 0 Å². The van der Waals surface area contributed by atoms with Crippen LogP contribution >= 0.6 is 0 Å². The molecule has 1 aromatic heterocycles. The van der Waals surface area contributed by atoms with Gasteiger partial charge < -0.3 is 10.6 Å². The topological polar surface area (TPSA) is 71.8 Å². The predicted octanol–water partition coefficient (Wildman–Crippen LogP) is 0.631. The molecular formula is C14H23N5O. The lowest BCUT2D eigenvalue weighted by atomic mass is 10.1. The predicted molar refractivity (Wildman–Crippen MR) is 75.1 cm³/mol. The lowest BCUT2D eigenvalue weighted by molar-refractivity contribution is -0.121. The molecule has 2 N–H and O–H groups in total. The van der Waals surface area contributed by atoms with E-state index in [2.05, 4.69) is 20.7 Å². The minimum absolute atomic E-state index is 0.182. The molecule has 2 heterocycles. The average molecular weight is 277 g/mol. The van der Waals surface area contributed by atoms with Crippen LogP contribution in [0.1, 0.15) is 44.3 Å². The number of nitrogens with zero attached hydrogens (tertiary/aromatic N) is 3. The van der Waals surface area contributed by atoms with Crippen LogP contribution in [0, 0.1) is 0 Å². The SMILES string of the molecule is O=C(CCN[C@H]1CCc2ncnn2C1)NC1CCCC1. The van der Waals surface area contributed by atoms with Crippen molar-refractivity contribution < 1.29 is 4.79 Å². The van der Waals surface area contributed by atoms with Crippen LogP contribution in [0.4, 0.5) is 0 Å². The molecule has 0 unspecified atom stereocenters. The molecule has 0 radical (unpaired) electrons. The number of carbonyl (C=O) groups excluding carboxylic acids is 1. The van der Waals surface area contributed by atoms with Gasteiger partial charge in [-0.2, -0.15) is 5.10 Å². The maximum Gasteiger partial charge on any atom is 0.221 e. The highest BCUT2D eigenvalue weighted by atomic mass is 16.1. The smallest absolute Gasteiger partial charge is 0.221 e. The van der Waals surface area contributed by atoms with Gasteiger partial charge in [0.15, 0.2) is 0 Å². The summed E-state index contributed by atoms with van der Waals surface area (Å²) in [4.78, 5) is 16.0. The number of hydrogen-bond donors (Lipinski definition) is 2. The van der Waals surface area contributed by atoms with Crippen LogP contribution in [0.25, 0.3) is 0 Å². The standard InChI is InChI=1S/C14H23N5O/c20-14(18-11-3-1-2-4-11)7-8-15-12-5-6-13-16-10-17-19(13)9-12/h10-12,15H,1-9H2,(H,18,20)/t12-/m0/s1. The van der Waals surface area contributed by atoms with E-state index in [-0.39, 0.29) is 5.91 Å². The Kier molecular flexibility index (Phi) is 4.30. The van der Waals surface area contributed by atoms with Gasteiger partial charge in [0.1, 0.15) is 12.2 Å². The molecule has 1 aliphatic heterocycles. The molecule has 6 nitrogen and oxygen atoms in total. The van der Waals surface area contributed by atoms with Gasteiger partial charge in [0.2, 0.25) is 5.91 Å². The molecule has 1 aliphatic carbocycles. The lowest BCUT2D eigenvalue weighted by Gasteiger charge is -2.23. The molecule has 110 valence electrons. The summed E-state index contributed by atoms with van der Waals surface area (Å²) in [6, 6.07) is 0.832. The summed E-state index contributed by atoms with van der Waals surface area (Å²) in [6.45, 7) is 1.60. The van der Waals surface area contributed by atoms with Crippen molar-refractivity contribution in [3.8, 4) is 0 Å². The van der Waals surface area contributed by atoms with Crippen molar-refractivity contribution in [3.05, 3.63) is 12.2 Å². The summed E-state index contributed by atoms with van der Waals surface area (Å²) in [6.07, 6.45) is 9.03. The molecule has 1 aromatic rings. The van der Waals surface area contributed by atoms with Crippen molar-refractivity contribution in [3.63, 3.8) is 0 Å². The van der Waals surface area contributed by atoms with Gasteiger partial charge in [-0.3, -0.25) is 4.79 Å². The summed E-state index contributed by atoms with van der Waals surface area (Å²) in [5, 5.41) is 10.8. The van der Waals surface area contributed by atoms with Gasteiger partial charge in [0.05, 0.1) is 6.54 Å². The first-order valence-electron chi connectivity index (χ1n) is 7.70. The fourth-order valence-electron chi connectivity index (χ4n) is 3.16. The molecule has 0 bridgehead atoms. The molecule has 0 aromatic carbocycles. The van der Waals surface area contributed by atoms with E-state index >= 15 is 0 Å². The fraction of sp³-hybridized carbons (Fsp3) is 0.786. The maximum atomic E-state index is 11.8. The number of carbonyl (C=O) groups is 1. The number of hydrogen-bond acceptors (Lipinski definition) is 4. The molecule has 1 saturated carbocycles. The average Bonchev–Trinajstić information content (AvgIpc) is 3.09. The molecule has 1 atom stereocenters. The van der Waals surface area contributed by atoms with Gasteiger partial charge in [0, 0.05) is 31.5 Å². The van der Waals surface area contributed by atoms with E-state index in [0.29, 0.717) is 18.5 Å². The first kappa shape index (κ1) is 13.5. The minimum Gasteiger partial charge on any atom is -0.353 e. The third-order valence-electron chi connectivity index (χ3n) is 4.31. The van der Waals surface area contributed by atoms with Crippen molar-refractivity contribution in [2.45, 2.75) is 63.6 Å². The van der Waals surface area contributed by atoms with Crippen LogP contribution in [0.15, 0.2) is 6.33 Å². The Hall–Kier alpha value is -1.43. The van der Waals surface area contributed by atoms with Crippen LogP contribution < -0.4 is 10.6 Å². The van der Waals surface area contributed by atoms with E-state index in [1.165, 1.54) is 12.8 Å². The Balaban J connectivity index is 1.35. The van der Waals surface area contributed by atoms with Crippen LogP contribution in [0.5, 0.6) is 0 Å². The Morgan fingerprint density at radius 2 is 2.15 bits per heavy atom. The Bertz CT molecular complexity index is 452. The zero-order valence-corrected chi connectivity index (χ0v) is 11.8. The van der Waals surface area contributed by atoms with Crippen molar-refractivity contribution in [2.75, 3.05) is 6.54 Å². The van der Waals surface area contributed by atoms with Crippen LogP contribution in [-0.2, 0) is 17.8 Å². The highest BCUT2D eigenvalue weighted by molar-refractivity contribution is 5.76. The molecule has 1 amide bonds. The third-order valence-corrected chi connectivity index (χ3v) is 4.31. The summed E-state index contributed by atoms with van der Waals surface area (Å²) >= 11 is 0. The van der Waals surface area contributed by atoms with Gasteiger partial charge >= 0.3 is 0 Å².